The third-order valence-corrected chi connectivity index (χ3v) is 1.81. The van der Waals surface area contributed by atoms with E-state index < -0.39 is 25.0 Å². The molecule has 6 nitrogen and oxygen atoms in total. The number of anilines is 1. The van der Waals surface area contributed by atoms with Crippen LogP contribution in [-0.2, 0) is 7.05 Å². The third kappa shape index (κ3) is 2.89. The summed E-state index contributed by atoms with van der Waals surface area (Å²) in [6, 6.07) is 0. The number of nitrogens with zero attached hydrogens (tertiary/aromatic N) is 2. The second kappa shape index (κ2) is 4.44. The molecule has 0 aromatic carbocycles. The molecular weight excluding hydrogens is 222 g/mol. The minimum atomic E-state index is -3.35. The van der Waals surface area contributed by atoms with Crippen LogP contribution >= 0.6 is 0 Å². The molecule has 0 bridgehead atoms. The van der Waals surface area contributed by atoms with Crippen LogP contribution in [0.15, 0.2) is 6.20 Å². The number of carbonyl (C=O) groups excluding carboxylic acids is 1. The van der Waals surface area contributed by atoms with Crippen molar-refractivity contribution in [2.24, 2.45) is 7.05 Å². The van der Waals surface area contributed by atoms with E-state index in [1.807, 2.05) is 5.32 Å². The number of nitrogen functional groups attached to an aromatic ring is 1. The molecule has 0 saturated carbocycles. The Morgan fingerprint density at radius 2 is 2.38 bits per heavy atom. The first-order valence-corrected chi connectivity index (χ1v) is 4.42. The summed E-state index contributed by atoms with van der Waals surface area (Å²) in [7, 11) is 1.55. The highest BCUT2D eigenvalue weighted by atomic mass is 19.3. The Hall–Kier alpha value is -1.70. The van der Waals surface area contributed by atoms with Gasteiger partial charge in [0.05, 0.1) is 12.2 Å². The van der Waals surface area contributed by atoms with E-state index in [4.69, 9.17) is 10.8 Å². The number of hydrogen-bond acceptors (Lipinski definition) is 4. The third-order valence-electron chi connectivity index (χ3n) is 1.81. The topological polar surface area (TPSA) is 93.2 Å². The van der Waals surface area contributed by atoms with Gasteiger partial charge in [-0.2, -0.15) is 5.10 Å². The zero-order valence-electron chi connectivity index (χ0n) is 8.57. The number of amides is 1. The van der Waals surface area contributed by atoms with Gasteiger partial charge in [0, 0.05) is 13.2 Å². The Bertz CT molecular complexity index is 391. The van der Waals surface area contributed by atoms with Gasteiger partial charge in [-0.25, -0.2) is 8.78 Å². The van der Waals surface area contributed by atoms with E-state index in [2.05, 4.69) is 5.10 Å². The van der Waals surface area contributed by atoms with Gasteiger partial charge in [0.1, 0.15) is 6.61 Å². The van der Waals surface area contributed by atoms with Gasteiger partial charge < -0.3 is 16.2 Å². The second-order valence-electron chi connectivity index (χ2n) is 3.30. The number of aliphatic hydroxyl groups is 1. The number of aromatic nitrogens is 2. The van der Waals surface area contributed by atoms with E-state index in [1.165, 1.54) is 10.9 Å². The molecule has 90 valence electrons. The first-order valence-electron chi connectivity index (χ1n) is 4.42. The van der Waals surface area contributed by atoms with Crippen molar-refractivity contribution >= 4 is 11.6 Å². The lowest BCUT2D eigenvalue weighted by atomic mass is 10.3. The quantitative estimate of drug-likeness (QED) is 0.646. The Morgan fingerprint density at radius 3 is 2.81 bits per heavy atom. The lowest BCUT2D eigenvalue weighted by Crippen LogP contribution is -2.39. The number of nitrogens with one attached hydrogen (secondary N) is 1. The summed E-state index contributed by atoms with van der Waals surface area (Å²) in [5.41, 5.74) is 5.42. The Kier molecular flexibility index (Phi) is 3.43. The number of aryl methyl sites for hydroxylation is 1. The van der Waals surface area contributed by atoms with E-state index in [-0.39, 0.29) is 11.4 Å². The number of aliphatic hydroxyl groups excluding tert-OH is 1. The van der Waals surface area contributed by atoms with Gasteiger partial charge in [0.25, 0.3) is 11.8 Å². The molecule has 0 fully saturated rings. The molecule has 0 radical (unpaired) electrons. The summed E-state index contributed by atoms with van der Waals surface area (Å²) >= 11 is 0. The molecule has 0 spiro atoms. The fourth-order valence-electron chi connectivity index (χ4n) is 1.03. The van der Waals surface area contributed by atoms with E-state index in [0.29, 0.717) is 0 Å². The maximum atomic E-state index is 12.6. The largest absolute Gasteiger partial charge is 0.396 e. The second-order valence-corrected chi connectivity index (χ2v) is 3.30. The fraction of sp³-hybridized carbons (Fsp3) is 0.500. The van der Waals surface area contributed by atoms with Gasteiger partial charge in [-0.05, 0) is 0 Å². The molecule has 1 aromatic heterocycles. The summed E-state index contributed by atoms with van der Waals surface area (Å²) in [4.78, 5) is 11.4. The Morgan fingerprint density at radius 1 is 1.75 bits per heavy atom. The van der Waals surface area contributed by atoms with E-state index in [1.54, 1.807) is 7.05 Å². The van der Waals surface area contributed by atoms with Gasteiger partial charge in [-0.1, -0.05) is 0 Å². The minimum absolute atomic E-state index is 0.104. The first kappa shape index (κ1) is 12.4. The van der Waals surface area contributed by atoms with E-state index in [0.717, 1.165) is 0 Å². The van der Waals surface area contributed by atoms with E-state index in [9.17, 15) is 13.6 Å². The lowest BCUT2D eigenvalue weighted by Gasteiger charge is -2.13. The molecule has 0 unspecified atom stereocenters. The van der Waals surface area contributed by atoms with Crippen LogP contribution in [0.3, 0.4) is 0 Å². The lowest BCUT2D eigenvalue weighted by molar-refractivity contribution is -0.0462. The van der Waals surface area contributed by atoms with Crippen molar-refractivity contribution in [2.45, 2.75) is 5.92 Å². The summed E-state index contributed by atoms with van der Waals surface area (Å²) in [6.45, 7) is -2.29. The van der Waals surface area contributed by atoms with Crippen molar-refractivity contribution in [3.63, 3.8) is 0 Å². The summed E-state index contributed by atoms with van der Waals surface area (Å²) < 4.78 is 26.5. The molecule has 0 atom stereocenters. The maximum Gasteiger partial charge on any atom is 0.287 e. The monoisotopic (exact) mass is 234 g/mol. The number of carbonyl (C=O) groups is 1. The molecule has 0 saturated heterocycles. The van der Waals surface area contributed by atoms with Crippen LogP contribution in [-0.4, -0.2) is 39.9 Å². The molecule has 1 rings (SSSR count). The number of rotatable bonds is 4. The van der Waals surface area contributed by atoms with Crippen molar-refractivity contribution in [3.05, 3.63) is 11.9 Å². The van der Waals surface area contributed by atoms with Crippen LogP contribution in [0, 0.1) is 0 Å². The van der Waals surface area contributed by atoms with Gasteiger partial charge in [-0.15, -0.1) is 0 Å². The van der Waals surface area contributed by atoms with Crippen molar-refractivity contribution in [3.8, 4) is 0 Å². The molecule has 8 heteroatoms. The first-order chi connectivity index (χ1) is 7.35. The van der Waals surface area contributed by atoms with Crippen LogP contribution in [0.25, 0.3) is 0 Å². The van der Waals surface area contributed by atoms with Crippen LogP contribution in [0.1, 0.15) is 10.5 Å². The van der Waals surface area contributed by atoms with Crippen LogP contribution < -0.4 is 11.1 Å². The smallest absolute Gasteiger partial charge is 0.287 e. The molecule has 0 aliphatic rings. The Labute approximate surface area is 90.0 Å². The predicted octanol–water partition coefficient (Wildman–Crippen LogP) is -0.640. The van der Waals surface area contributed by atoms with Gasteiger partial charge in [-0.3, -0.25) is 9.48 Å². The highest BCUT2D eigenvalue weighted by Crippen LogP contribution is 2.11. The van der Waals surface area contributed by atoms with Gasteiger partial charge in [0.2, 0.25) is 0 Å². The fourth-order valence-corrected chi connectivity index (χ4v) is 1.03. The van der Waals surface area contributed by atoms with Crippen molar-refractivity contribution < 1.29 is 18.7 Å². The van der Waals surface area contributed by atoms with Gasteiger partial charge in [0.15, 0.2) is 5.69 Å². The number of halogens is 2. The van der Waals surface area contributed by atoms with Crippen LogP contribution in [0.4, 0.5) is 14.5 Å². The molecular formula is C8H12F2N4O2. The summed E-state index contributed by atoms with van der Waals surface area (Å²) in [5, 5.41) is 13.9. The van der Waals surface area contributed by atoms with E-state index >= 15 is 0 Å². The average Bonchev–Trinajstić information content (AvgIpc) is 2.54. The van der Waals surface area contributed by atoms with Crippen LogP contribution in [0.2, 0.25) is 0 Å². The minimum Gasteiger partial charge on any atom is -0.396 e. The SMILES string of the molecule is Cn1cc(N)c(C(=O)NCC(F)(F)CO)n1. The molecule has 0 aliphatic heterocycles. The number of hydrogen-bond donors (Lipinski definition) is 3. The van der Waals surface area contributed by atoms with Crippen molar-refractivity contribution in [2.75, 3.05) is 18.9 Å². The molecule has 16 heavy (non-hydrogen) atoms. The van der Waals surface area contributed by atoms with Crippen LogP contribution in [0.5, 0.6) is 0 Å². The molecule has 1 aromatic rings. The zero-order valence-corrected chi connectivity index (χ0v) is 8.57. The number of alkyl halides is 2. The number of nitrogens with two attached hydrogens (primary N) is 1. The molecule has 0 aliphatic carbocycles. The highest BCUT2D eigenvalue weighted by molar-refractivity contribution is 5.97. The molecule has 1 heterocycles. The zero-order chi connectivity index (χ0) is 12.3. The van der Waals surface area contributed by atoms with Gasteiger partial charge >= 0.3 is 0 Å². The Balaban J connectivity index is 2.63. The van der Waals surface area contributed by atoms with Crippen molar-refractivity contribution in [1.82, 2.24) is 15.1 Å². The standard InChI is InChI=1S/C8H12F2N4O2/c1-14-2-5(11)6(13-14)7(16)12-3-8(9,10)4-15/h2,15H,3-4,11H2,1H3,(H,12,16). The van der Waals surface area contributed by atoms with Crippen molar-refractivity contribution in [1.29, 1.82) is 0 Å². The summed E-state index contributed by atoms with van der Waals surface area (Å²) in [5.74, 6) is -4.15. The normalized spacial score (nSPS) is 11.5. The molecule has 4 N–H and O–H groups in total. The average molecular weight is 234 g/mol. The molecule has 1 amide bonds. The predicted molar refractivity (Wildman–Crippen MR) is 52.0 cm³/mol. The summed E-state index contributed by atoms with van der Waals surface area (Å²) in [6.07, 6.45) is 1.39. The highest BCUT2D eigenvalue weighted by Gasteiger charge is 2.29. The maximum absolute atomic E-state index is 12.6.